The zero-order valence-corrected chi connectivity index (χ0v) is 9.77. The van der Waals surface area contributed by atoms with Crippen LogP contribution in [0.25, 0.3) is 0 Å². The molecular formula is C15H20O. The van der Waals surface area contributed by atoms with Crippen LogP contribution in [-0.2, 0) is 11.2 Å². The first-order valence-electron chi connectivity index (χ1n) is 6.23. The molecule has 0 amide bonds. The Morgan fingerprint density at radius 3 is 2.88 bits per heavy atom. The van der Waals surface area contributed by atoms with Crippen molar-refractivity contribution in [3.63, 3.8) is 0 Å². The van der Waals surface area contributed by atoms with E-state index in [9.17, 15) is 0 Å². The lowest BCUT2D eigenvalue weighted by Crippen LogP contribution is -2.14. The third-order valence-electron chi connectivity index (χ3n) is 3.05. The average Bonchev–Trinajstić information content (AvgIpc) is 2.37. The van der Waals surface area contributed by atoms with E-state index in [2.05, 4.69) is 42.5 Å². The van der Waals surface area contributed by atoms with E-state index in [4.69, 9.17) is 4.74 Å². The number of aryl methyl sites for hydroxylation is 1. The van der Waals surface area contributed by atoms with Crippen LogP contribution in [-0.4, -0.2) is 13.2 Å². The summed E-state index contributed by atoms with van der Waals surface area (Å²) < 4.78 is 5.45. The van der Waals surface area contributed by atoms with Crippen molar-refractivity contribution in [2.45, 2.75) is 25.7 Å². The first-order chi connectivity index (χ1) is 7.95. The third kappa shape index (κ3) is 3.82. The van der Waals surface area contributed by atoms with Crippen LogP contribution in [0.5, 0.6) is 0 Å². The summed E-state index contributed by atoms with van der Waals surface area (Å²) in [4.78, 5) is 0. The molecule has 1 fully saturated rings. The molecule has 0 aliphatic carbocycles. The number of benzene rings is 1. The summed E-state index contributed by atoms with van der Waals surface area (Å²) in [5.74, 6) is 0.657. The average molecular weight is 216 g/mol. The zero-order valence-electron chi connectivity index (χ0n) is 9.77. The number of rotatable bonds is 4. The second-order valence-electron chi connectivity index (χ2n) is 4.43. The summed E-state index contributed by atoms with van der Waals surface area (Å²) in [6.07, 6.45) is 9.44. The molecule has 1 heteroatoms. The summed E-state index contributed by atoms with van der Waals surface area (Å²) in [5, 5.41) is 0. The lowest BCUT2D eigenvalue weighted by Gasteiger charge is -2.18. The van der Waals surface area contributed by atoms with E-state index < -0.39 is 0 Å². The van der Waals surface area contributed by atoms with E-state index in [0.29, 0.717) is 5.92 Å². The molecule has 1 aliphatic rings. The van der Waals surface area contributed by atoms with Gasteiger partial charge in [-0.2, -0.15) is 0 Å². The smallest absolute Gasteiger partial charge is 0.0528 e. The molecule has 0 spiro atoms. The van der Waals surface area contributed by atoms with Crippen molar-refractivity contribution in [1.82, 2.24) is 0 Å². The van der Waals surface area contributed by atoms with Gasteiger partial charge < -0.3 is 4.74 Å². The van der Waals surface area contributed by atoms with Gasteiger partial charge in [0.1, 0.15) is 0 Å². The maximum Gasteiger partial charge on any atom is 0.0528 e. The molecule has 0 aromatic heterocycles. The van der Waals surface area contributed by atoms with E-state index in [0.717, 1.165) is 26.1 Å². The molecule has 1 aromatic carbocycles. The Hall–Kier alpha value is -1.08. The molecule has 1 aliphatic heterocycles. The van der Waals surface area contributed by atoms with E-state index in [1.165, 1.54) is 18.4 Å². The molecule has 0 radical (unpaired) electrons. The fraction of sp³-hybridized carbons (Fsp3) is 0.467. The van der Waals surface area contributed by atoms with Gasteiger partial charge in [0.25, 0.3) is 0 Å². The van der Waals surface area contributed by atoms with E-state index >= 15 is 0 Å². The van der Waals surface area contributed by atoms with Crippen molar-refractivity contribution in [2.75, 3.05) is 13.2 Å². The Morgan fingerprint density at radius 1 is 1.25 bits per heavy atom. The number of allylic oxidation sites excluding steroid dienone is 1. The Kier molecular flexibility index (Phi) is 4.63. The van der Waals surface area contributed by atoms with E-state index in [-0.39, 0.29) is 0 Å². The second kappa shape index (κ2) is 6.49. The van der Waals surface area contributed by atoms with Gasteiger partial charge in [-0.25, -0.2) is 0 Å². The molecule has 0 saturated carbocycles. The fourth-order valence-electron chi connectivity index (χ4n) is 2.10. The minimum Gasteiger partial charge on any atom is -0.381 e. The highest BCUT2D eigenvalue weighted by Gasteiger charge is 2.09. The zero-order chi connectivity index (χ0) is 11.1. The Morgan fingerprint density at radius 2 is 2.12 bits per heavy atom. The van der Waals surface area contributed by atoms with Gasteiger partial charge >= 0.3 is 0 Å². The van der Waals surface area contributed by atoms with E-state index in [1.54, 1.807) is 0 Å². The van der Waals surface area contributed by atoms with Gasteiger partial charge in [0.05, 0.1) is 6.61 Å². The van der Waals surface area contributed by atoms with Crippen molar-refractivity contribution in [3.8, 4) is 0 Å². The summed E-state index contributed by atoms with van der Waals surface area (Å²) in [7, 11) is 0. The van der Waals surface area contributed by atoms with Crippen LogP contribution >= 0.6 is 0 Å². The number of ether oxygens (including phenoxy) is 1. The maximum atomic E-state index is 5.45. The monoisotopic (exact) mass is 216 g/mol. The second-order valence-corrected chi connectivity index (χ2v) is 4.43. The largest absolute Gasteiger partial charge is 0.381 e. The molecule has 86 valence electrons. The van der Waals surface area contributed by atoms with Crippen LogP contribution in [0.2, 0.25) is 0 Å². The van der Waals surface area contributed by atoms with E-state index in [1.807, 2.05) is 0 Å². The highest BCUT2D eigenvalue weighted by Crippen LogP contribution is 2.15. The molecule has 0 unspecified atom stereocenters. The van der Waals surface area contributed by atoms with Crippen molar-refractivity contribution in [3.05, 3.63) is 48.0 Å². The van der Waals surface area contributed by atoms with Crippen LogP contribution in [0, 0.1) is 5.92 Å². The van der Waals surface area contributed by atoms with Crippen LogP contribution < -0.4 is 0 Å². The highest BCUT2D eigenvalue weighted by molar-refractivity contribution is 5.15. The molecule has 1 heterocycles. The van der Waals surface area contributed by atoms with Crippen LogP contribution in [0.3, 0.4) is 0 Å². The summed E-state index contributed by atoms with van der Waals surface area (Å²) in [5.41, 5.74) is 1.42. The summed E-state index contributed by atoms with van der Waals surface area (Å²) >= 11 is 0. The highest BCUT2D eigenvalue weighted by atomic mass is 16.5. The predicted octanol–water partition coefficient (Wildman–Crippen LogP) is 3.60. The summed E-state index contributed by atoms with van der Waals surface area (Å²) in [6, 6.07) is 10.7. The first-order valence-corrected chi connectivity index (χ1v) is 6.23. The van der Waals surface area contributed by atoms with Crippen molar-refractivity contribution in [2.24, 2.45) is 5.92 Å². The minimum absolute atomic E-state index is 0.657. The van der Waals surface area contributed by atoms with Crippen LogP contribution in [0.1, 0.15) is 24.8 Å². The van der Waals surface area contributed by atoms with Gasteiger partial charge in [-0.05, 0) is 31.2 Å². The Labute approximate surface area is 98.1 Å². The SMILES string of the molecule is C(=C/[C@H]1CCCOC1)/CCc1ccccc1. The van der Waals surface area contributed by atoms with Crippen molar-refractivity contribution < 1.29 is 4.74 Å². The molecule has 0 bridgehead atoms. The van der Waals surface area contributed by atoms with Crippen molar-refractivity contribution in [1.29, 1.82) is 0 Å². The molecule has 1 saturated heterocycles. The number of hydrogen-bond donors (Lipinski definition) is 0. The first kappa shape index (κ1) is 11.4. The minimum atomic E-state index is 0.657. The predicted molar refractivity (Wildman–Crippen MR) is 67.4 cm³/mol. The van der Waals surface area contributed by atoms with Gasteiger partial charge in [0, 0.05) is 12.5 Å². The van der Waals surface area contributed by atoms with Gasteiger partial charge in [-0.15, -0.1) is 0 Å². The Balaban J connectivity index is 1.69. The topological polar surface area (TPSA) is 9.23 Å². The molecular weight excluding hydrogens is 196 g/mol. The normalized spacial score (nSPS) is 21.4. The van der Waals surface area contributed by atoms with Crippen LogP contribution in [0.4, 0.5) is 0 Å². The Bertz CT molecular complexity index is 309. The molecule has 1 atom stereocenters. The molecule has 16 heavy (non-hydrogen) atoms. The van der Waals surface area contributed by atoms with Gasteiger partial charge in [-0.3, -0.25) is 0 Å². The molecule has 2 rings (SSSR count). The van der Waals surface area contributed by atoms with Crippen molar-refractivity contribution >= 4 is 0 Å². The van der Waals surface area contributed by atoms with Crippen LogP contribution in [0.15, 0.2) is 42.5 Å². The lowest BCUT2D eigenvalue weighted by atomic mass is 10.0. The molecule has 0 N–H and O–H groups in total. The van der Waals surface area contributed by atoms with Gasteiger partial charge in [0.2, 0.25) is 0 Å². The standard InChI is InChI=1S/C15H20O/c1-2-7-14(8-3-1)9-4-5-10-15-11-6-12-16-13-15/h1-3,5,7-8,10,15H,4,6,9,11-13H2/b10-5-/t15-/m0/s1. The fourth-order valence-corrected chi connectivity index (χ4v) is 2.10. The third-order valence-corrected chi connectivity index (χ3v) is 3.05. The quantitative estimate of drug-likeness (QED) is 0.699. The maximum absolute atomic E-state index is 5.45. The van der Waals surface area contributed by atoms with Gasteiger partial charge in [-0.1, -0.05) is 42.5 Å². The summed E-state index contributed by atoms with van der Waals surface area (Å²) in [6.45, 7) is 1.87. The number of hydrogen-bond acceptors (Lipinski definition) is 1. The molecule has 1 aromatic rings. The molecule has 1 nitrogen and oxygen atoms in total. The lowest BCUT2D eigenvalue weighted by molar-refractivity contribution is 0.0709. The van der Waals surface area contributed by atoms with Gasteiger partial charge in [0.15, 0.2) is 0 Å².